The van der Waals surface area contributed by atoms with Gasteiger partial charge in [0.15, 0.2) is 5.13 Å². The van der Waals surface area contributed by atoms with Gasteiger partial charge in [0.2, 0.25) is 0 Å². The lowest BCUT2D eigenvalue weighted by molar-refractivity contribution is 0.102. The highest BCUT2D eigenvalue weighted by molar-refractivity contribution is 7.14. The second-order valence-electron chi connectivity index (χ2n) is 6.15. The van der Waals surface area contributed by atoms with E-state index in [9.17, 15) is 4.79 Å². The zero-order valence-corrected chi connectivity index (χ0v) is 17.4. The van der Waals surface area contributed by atoms with Crippen molar-refractivity contribution in [3.05, 3.63) is 93.8 Å². The molecular weight excluding hydrogens is 425 g/mol. The van der Waals surface area contributed by atoms with Crippen LogP contribution in [0.4, 0.5) is 16.5 Å². The van der Waals surface area contributed by atoms with E-state index in [2.05, 4.69) is 15.6 Å². The number of aromatic nitrogens is 1. The predicted molar refractivity (Wildman–Crippen MR) is 122 cm³/mol. The van der Waals surface area contributed by atoms with Crippen LogP contribution in [0.25, 0.3) is 11.3 Å². The molecule has 1 aromatic heterocycles. The molecule has 29 heavy (non-hydrogen) atoms. The summed E-state index contributed by atoms with van der Waals surface area (Å²) in [4.78, 5) is 17.4. The fraction of sp³-hybridized carbons (Fsp3) is 0. The van der Waals surface area contributed by atoms with Crippen LogP contribution < -0.4 is 10.6 Å². The van der Waals surface area contributed by atoms with Crippen molar-refractivity contribution in [3.63, 3.8) is 0 Å². The van der Waals surface area contributed by atoms with E-state index in [1.165, 1.54) is 11.3 Å². The molecule has 0 aliphatic carbocycles. The number of nitrogens with one attached hydrogen (secondary N) is 2. The van der Waals surface area contributed by atoms with E-state index in [1.54, 1.807) is 18.2 Å². The van der Waals surface area contributed by atoms with Crippen molar-refractivity contribution < 1.29 is 4.79 Å². The van der Waals surface area contributed by atoms with Gasteiger partial charge in [-0.2, -0.15) is 0 Å². The molecule has 3 aromatic carbocycles. The largest absolute Gasteiger partial charge is 0.331 e. The molecule has 4 aromatic rings. The Morgan fingerprint density at radius 2 is 1.55 bits per heavy atom. The van der Waals surface area contributed by atoms with Gasteiger partial charge in [0, 0.05) is 16.0 Å². The van der Waals surface area contributed by atoms with Gasteiger partial charge in [0.05, 0.1) is 27.7 Å². The van der Waals surface area contributed by atoms with Gasteiger partial charge in [-0.1, -0.05) is 59.6 Å². The van der Waals surface area contributed by atoms with Crippen LogP contribution in [0.15, 0.2) is 78.2 Å². The Labute approximate surface area is 182 Å². The first kappa shape index (κ1) is 19.5. The van der Waals surface area contributed by atoms with E-state index in [0.717, 1.165) is 11.3 Å². The summed E-state index contributed by atoms with van der Waals surface area (Å²) in [5.74, 6) is -0.254. The number of hydrogen-bond acceptors (Lipinski definition) is 4. The monoisotopic (exact) mass is 439 g/mol. The molecule has 0 atom stereocenters. The molecular formula is C22H15Cl2N3OS. The molecule has 0 fully saturated rings. The maximum absolute atomic E-state index is 12.8. The molecule has 0 spiro atoms. The number of carbonyl (C=O) groups excluding carboxylic acids is 1. The molecule has 4 rings (SSSR count). The summed E-state index contributed by atoms with van der Waals surface area (Å²) in [6, 6.07) is 21.9. The summed E-state index contributed by atoms with van der Waals surface area (Å²) in [5.41, 5.74) is 3.54. The quantitative estimate of drug-likeness (QED) is 0.348. The summed E-state index contributed by atoms with van der Waals surface area (Å²) in [6.07, 6.45) is 0. The highest BCUT2D eigenvalue weighted by Crippen LogP contribution is 2.30. The van der Waals surface area contributed by atoms with Gasteiger partial charge in [-0.15, -0.1) is 11.3 Å². The molecule has 0 saturated heterocycles. The average Bonchev–Trinajstić information content (AvgIpc) is 3.19. The number of hydrogen-bond donors (Lipinski definition) is 2. The van der Waals surface area contributed by atoms with Gasteiger partial charge >= 0.3 is 0 Å². The molecule has 0 unspecified atom stereocenters. The summed E-state index contributed by atoms with van der Waals surface area (Å²) in [6.45, 7) is 0. The van der Waals surface area contributed by atoms with Crippen molar-refractivity contribution in [1.29, 1.82) is 0 Å². The summed E-state index contributed by atoms with van der Waals surface area (Å²) >= 11 is 13.6. The van der Waals surface area contributed by atoms with Crippen LogP contribution >= 0.6 is 34.5 Å². The Morgan fingerprint density at radius 3 is 2.31 bits per heavy atom. The number of carbonyl (C=O) groups is 1. The maximum atomic E-state index is 12.8. The van der Waals surface area contributed by atoms with E-state index >= 15 is 0 Å². The number of anilines is 3. The number of nitrogens with zero attached hydrogens (tertiary/aromatic N) is 1. The van der Waals surface area contributed by atoms with Crippen LogP contribution in [-0.2, 0) is 0 Å². The lowest BCUT2D eigenvalue weighted by Gasteiger charge is -2.11. The minimum absolute atomic E-state index is 0.254. The number of halogens is 2. The smallest absolute Gasteiger partial charge is 0.257 e. The number of amides is 1. The molecule has 0 saturated carbocycles. The number of thiazole rings is 1. The normalized spacial score (nSPS) is 10.6. The topological polar surface area (TPSA) is 54.0 Å². The molecule has 0 aliphatic heterocycles. The van der Waals surface area contributed by atoms with E-state index in [1.807, 2.05) is 60.0 Å². The Bertz CT molecular complexity index is 1160. The van der Waals surface area contributed by atoms with Gasteiger partial charge in [-0.05, 0) is 36.4 Å². The third-order valence-electron chi connectivity index (χ3n) is 4.18. The van der Waals surface area contributed by atoms with Crippen LogP contribution in [0, 0.1) is 0 Å². The van der Waals surface area contributed by atoms with Crippen molar-refractivity contribution in [3.8, 4) is 11.3 Å². The minimum Gasteiger partial charge on any atom is -0.331 e. The molecule has 0 aliphatic rings. The van der Waals surface area contributed by atoms with E-state index < -0.39 is 0 Å². The number of rotatable bonds is 5. The van der Waals surface area contributed by atoms with E-state index in [-0.39, 0.29) is 5.91 Å². The molecule has 4 nitrogen and oxygen atoms in total. The first-order valence-corrected chi connectivity index (χ1v) is 10.4. The number of para-hydroxylation sites is 2. The molecule has 2 N–H and O–H groups in total. The van der Waals surface area contributed by atoms with Crippen LogP contribution in [0.1, 0.15) is 10.4 Å². The average molecular weight is 440 g/mol. The van der Waals surface area contributed by atoms with Crippen molar-refractivity contribution in [2.24, 2.45) is 0 Å². The van der Waals surface area contributed by atoms with Crippen molar-refractivity contribution >= 4 is 57.0 Å². The van der Waals surface area contributed by atoms with Crippen LogP contribution in [0.5, 0.6) is 0 Å². The van der Waals surface area contributed by atoms with Crippen molar-refractivity contribution in [2.45, 2.75) is 0 Å². The molecule has 7 heteroatoms. The van der Waals surface area contributed by atoms with Crippen molar-refractivity contribution in [2.75, 3.05) is 10.6 Å². The van der Waals surface area contributed by atoms with Crippen molar-refractivity contribution in [1.82, 2.24) is 4.98 Å². The zero-order chi connectivity index (χ0) is 20.2. The Balaban J connectivity index is 1.55. The second-order valence-corrected chi connectivity index (χ2v) is 7.85. The zero-order valence-electron chi connectivity index (χ0n) is 15.0. The molecule has 1 amide bonds. The van der Waals surface area contributed by atoms with Gasteiger partial charge in [-0.3, -0.25) is 4.79 Å². The summed E-state index contributed by atoms with van der Waals surface area (Å²) in [5, 5.41) is 9.90. The molecule has 1 heterocycles. The van der Waals surface area contributed by atoms with Crippen LogP contribution in [0.3, 0.4) is 0 Å². The highest BCUT2D eigenvalue weighted by Gasteiger charge is 2.14. The Morgan fingerprint density at radius 1 is 0.862 bits per heavy atom. The lowest BCUT2D eigenvalue weighted by atomic mass is 10.1. The van der Waals surface area contributed by atoms with Crippen LogP contribution in [0.2, 0.25) is 10.0 Å². The highest BCUT2D eigenvalue weighted by atomic mass is 35.5. The summed E-state index contributed by atoms with van der Waals surface area (Å²) in [7, 11) is 0. The maximum Gasteiger partial charge on any atom is 0.257 e. The van der Waals surface area contributed by atoms with E-state index in [0.29, 0.717) is 32.1 Å². The Kier molecular flexibility index (Phi) is 5.81. The fourth-order valence-corrected chi connectivity index (χ4v) is 3.78. The third-order valence-corrected chi connectivity index (χ3v) is 5.52. The standard InChI is InChI=1S/C22H15Cl2N3OS/c23-15-11-9-14(10-12-15)20-13-29-22(27-20)26-18-7-3-1-5-16(18)21(28)25-19-8-4-2-6-17(19)24/h1-13H,(H,25,28)(H,26,27). The van der Waals surface area contributed by atoms with Gasteiger partial charge in [0.1, 0.15) is 0 Å². The second kappa shape index (κ2) is 8.66. The predicted octanol–water partition coefficient (Wildman–Crippen LogP) is 7.11. The third kappa shape index (κ3) is 4.59. The molecule has 144 valence electrons. The van der Waals surface area contributed by atoms with Gasteiger partial charge in [-0.25, -0.2) is 4.98 Å². The van der Waals surface area contributed by atoms with Gasteiger partial charge < -0.3 is 10.6 Å². The SMILES string of the molecule is O=C(Nc1ccccc1Cl)c1ccccc1Nc1nc(-c2ccc(Cl)cc2)cs1. The number of benzene rings is 3. The first-order chi connectivity index (χ1) is 14.1. The molecule has 0 radical (unpaired) electrons. The Hall–Kier alpha value is -2.86. The molecule has 0 bridgehead atoms. The minimum atomic E-state index is -0.254. The van der Waals surface area contributed by atoms with Crippen LogP contribution in [-0.4, -0.2) is 10.9 Å². The van der Waals surface area contributed by atoms with Gasteiger partial charge in [0.25, 0.3) is 5.91 Å². The first-order valence-electron chi connectivity index (χ1n) is 8.73. The summed E-state index contributed by atoms with van der Waals surface area (Å²) < 4.78 is 0. The fourth-order valence-electron chi connectivity index (χ4n) is 2.74. The van der Waals surface area contributed by atoms with E-state index in [4.69, 9.17) is 23.2 Å². The lowest BCUT2D eigenvalue weighted by Crippen LogP contribution is -2.14.